The van der Waals surface area contributed by atoms with E-state index in [1.807, 2.05) is 48.5 Å². The van der Waals surface area contributed by atoms with Crippen molar-refractivity contribution in [1.29, 1.82) is 0 Å². The number of carbonyl (C=O) groups is 1. The number of fused-ring (bicyclic) bond motifs is 2. The van der Waals surface area contributed by atoms with Crippen LogP contribution in [0.1, 0.15) is 5.56 Å². The number of rotatable bonds is 7. The zero-order valence-electron chi connectivity index (χ0n) is 19.3. The molecule has 1 N–H and O–H groups in total. The van der Waals surface area contributed by atoms with Crippen molar-refractivity contribution in [2.24, 2.45) is 0 Å². The highest BCUT2D eigenvalue weighted by molar-refractivity contribution is 5.96. The van der Waals surface area contributed by atoms with E-state index in [1.54, 1.807) is 32.4 Å². The van der Waals surface area contributed by atoms with Crippen LogP contribution in [0.5, 0.6) is 11.5 Å². The van der Waals surface area contributed by atoms with E-state index in [9.17, 15) is 9.59 Å². The fourth-order valence-corrected chi connectivity index (χ4v) is 4.01. The van der Waals surface area contributed by atoms with Crippen LogP contribution in [-0.4, -0.2) is 39.5 Å². The third-order valence-corrected chi connectivity index (χ3v) is 5.79. The Morgan fingerprint density at radius 2 is 1.77 bits per heavy atom. The van der Waals surface area contributed by atoms with Gasteiger partial charge in [-0.05, 0) is 34.5 Å². The lowest BCUT2D eigenvalue weighted by molar-refractivity contribution is -0.122. The summed E-state index contributed by atoms with van der Waals surface area (Å²) in [4.78, 5) is 25.6. The topological polar surface area (TPSA) is 99.8 Å². The molecule has 0 saturated heterocycles. The summed E-state index contributed by atoms with van der Waals surface area (Å²) in [5.41, 5.74) is 2.37. The summed E-state index contributed by atoms with van der Waals surface area (Å²) in [6, 6.07) is 21.1. The number of hydrogen-bond acceptors (Lipinski definition) is 6. The second-order valence-corrected chi connectivity index (χ2v) is 7.95. The molecule has 35 heavy (non-hydrogen) atoms. The standard InChI is InChI=1S/C26H23N5O4/c1-34-23-11-10-17(12-24(23)35-2)14-27-25(32)15-30-26(33)22-13-21(29-31(22)16-28-30)20-9-5-7-18-6-3-4-8-19(18)20/h3-13,16H,14-15H2,1-2H3,(H,27,32). The molecule has 0 unspecified atom stereocenters. The molecule has 3 aromatic carbocycles. The molecule has 0 aliphatic rings. The minimum absolute atomic E-state index is 0.211. The fourth-order valence-electron chi connectivity index (χ4n) is 4.01. The Hall–Kier alpha value is -4.66. The predicted octanol–water partition coefficient (Wildman–Crippen LogP) is 3.04. The minimum Gasteiger partial charge on any atom is -0.493 e. The second kappa shape index (κ2) is 9.30. The van der Waals surface area contributed by atoms with Gasteiger partial charge in [-0.2, -0.15) is 10.2 Å². The molecule has 0 aliphatic carbocycles. The van der Waals surface area contributed by atoms with Crippen LogP contribution in [0.2, 0.25) is 0 Å². The van der Waals surface area contributed by atoms with Crippen LogP contribution < -0.4 is 20.3 Å². The first-order valence-electron chi connectivity index (χ1n) is 11.0. The van der Waals surface area contributed by atoms with Gasteiger partial charge in [0.15, 0.2) is 11.5 Å². The molecule has 5 aromatic rings. The number of nitrogens with zero attached hydrogens (tertiary/aromatic N) is 4. The Morgan fingerprint density at radius 3 is 2.60 bits per heavy atom. The Bertz CT molecular complexity index is 1600. The van der Waals surface area contributed by atoms with Crippen LogP contribution in [0.3, 0.4) is 0 Å². The summed E-state index contributed by atoms with van der Waals surface area (Å²) in [6.07, 6.45) is 1.44. The monoisotopic (exact) mass is 469 g/mol. The molecule has 0 aliphatic heterocycles. The average molecular weight is 470 g/mol. The van der Waals surface area contributed by atoms with Crippen molar-refractivity contribution in [3.63, 3.8) is 0 Å². The van der Waals surface area contributed by atoms with Gasteiger partial charge in [-0.25, -0.2) is 9.20 Å². The van der Waals surface area contributed by atoms with Crippen molar-refractivity contribution < 1.29 is 14.3 Å². The van der Waals surface area contributed by atoms with E-state index in [-0.39, 0.29) is 19.0 Å². The molecule has 0 spiro atoms. The number of aromatic nitrogens is 4. The van der Waals surface area contributed by atoms with Gasteiger partial charge in [-0.15, -0.1) is 0 Å². The fraction of sp³-hybridized carbons (Fsp3) is 0.154. The van der Waals surface area contributed by atoms with Crippen LogP contribution >= 0.6 is 0 Å². The van der Waals surface area contributed by atoms with Gasteiger partial charge in [0, 0.05) is 12.1 Å². The summed E-state index contributed by atoms with van der Waals surface area (Å²) in [5.74, 6) is 0.841. The van der Waals surface area contributed by atoms with Crippen LogP contribution in [0.4, 0.5) is 0 Å². The van der Waals surface area contributed by atoms with Crippen molar-refractivity contribution in [3.05, 3.63) is 89.0 Å². The van der Waals surface area contributed by atoms with Gasteiger partial charge in [0.05, 0.1) is 19.9 Å². The van der Waals surface area contributed by atoms with Gasteiger partial charge in [0.2, 0.25) is 5.91 Å². The van der Waals surface area contributed by atoms with Gasteiger partial charge in [-0.1, -0.05) is 48.5 Å². The number of hydrogen-bond donors (Lipinski definition) is 1. The highest BCUT2D eigenvalue weighted by Gasteiger charge is 2.14. The van der Waals surface area contributed by atoms with E-state index < -0.39 is 5.56 Å². The smallest absolute Gasteiger partial charge is 0.293 e. The molecule has 176 valence electrons. The number of amides is 1. The van der Waals surface area contributed by atoms with Crippen molar-refractivity contribution in [3.8, 4) is 22.8 Å². The minimum atomic E-state index is -0.396. The van der Waals surface area contributed by atoms with E-state index in [1.165, 1.54) is 10.8 Å². The van der Waals surface area contributed by atoms with Crippen molar-refractivity contribution >= 4 is 22.2 Å². The molecule has 0 saturated carbocycles. The van der Waals surface area contributed by atoms with Crippen molar-refractivity contribution in [2.45, 2.75) is 13.1 Å². The molecule has 9 nitrogen and oxygen atoms in total. The number of methoxy groups -OCH3 is 2. The predicted molar refractivity (Wildman–Crippen MR) is 132 cm³/mol. The average Bonchev–Trinajstić information content (AvgIpc) is 3.33. The van der Waals surface area contributed by atoms with Crippen LogP contribution in [0.15, 0.2) is 77.9 Å². The Balaban J connectivity index is 1.35. The molecule has 2 aromatic heterocycles. The highest BCUT2D eigenvalue weighted by Crippen LogP contribution is 2.28. The van der Waals surface area contributed by atoms with Crippen LogP contribution in [-0.2, 0) is 17.9 Å². The first-order valence-corrected chi connectivity index (χ1v) is 11.0. The van der Waals surface area contributed by atoms with Crippen LogP contribution in [0.25, 0.3) is 27.5 Å². The Labute approximate surface area is 200 Å². The largest absolute Gasteiger partial charge is 0.493 e. The first-order chi connectivity index (χ1) is 17.1. The third-order valence-electron chi connectivity index (χ3n) is 5.79. The Kier molecular flexibility index (Phi) is 5.88. The lowest BCUT2D eigenvalue weighted by Gasteiger charge is -2.10. The van der Waals surface area contributed by atoms with E-state index in [0.29, 0.717) is 22.7 Å². The summed E-state index contributed by atoms with van der Waals surface area (Å²) < 4.78 is 13.1. The number of nitrogens with one attached hydrogen (secondary N) is 1. The maximum Gasteiger partial charge on any atom is 0.293 e. The summed E-state index contributed by atoms with van der Waals surface area (Å²) in [7, 11) is 3.11. The molecule has 5 rings (SSSR count). The molecule has 1 amide bonds. The lowest BCUT2D eigenvalue weighted by atomic mass is 10.0. The van der Waals surface area contributed by atoms with Gasteiger partial charge >= 0.3 is 0 Å². The number of ether oxygens (including phenoxy) is 2. The summed E-state index contributed by atoms with van der Waals surface area (Å²) in [6.45, 7) is 0.0610. The van der Waals surface area contributed by atoms with Crippen LogP contribution in [0, 0.1) is 0 Å². The molecule has 0 radical (unpaired) electrons. The van der Waals surface area contributed by atoms with E-state index in [2.05, 4.69) is 15.5 Å². The number of benzene rings is 3. The molecular weight excluding hydrogens is 446 g/mol. The summed E-state index contributed by atoms with van der Waals surface area (Å²) >= 11 is 0. The molecule has 0 atom stereocenters. The van der Waals surface area contributed by atoms with E-state index in [0.717, 1.165) is 26.6 Å². The van der Waals surface area contributed by atoms with Gasteiger partial charge < -0.3 is 14.8 Å². The molecule has 0 fully saturated rings. The first kappa shape index (κ1) is 22.1. The van der Waals surface area contributed by atoms with E-state index in [4.69, 9.17) is 9.47 Å². The molecule has 0 bridgehead atoms. The van der Waals surface area contributed by atoms with Gasteiger partial charge in [-0.3, -0.25) is 9.59 Å². The number of carbonyl (C=O) groups excluding carboxylic acids is 1. The highest BCUT2D eigenvalue weighted by atomic mass is 16.5. The van der Waals surface area contributed by atoms with Gasteiger partial charge in [0.25, 0.3) is 5.56 Å². The molecular formula is C26H23N5O4. The molecule has 2 heterocycles. The lowest BCUT2D eigenvalue weighted by Crippen LogP contribution is -2.34. The van der Waals surface area contributed by atoms with Gasteiger partial charge in [0.1, 0.15) is 18.4 Å². The zero-order chi connectivity index (χ0) is 24.4. The maximum atomic E-state index is 13.0. The Morgan fingerprint density at radius 1 is 0.971 bits per heavy atom. The molecule has 9 heteroatoms. The van der Waals surface area contributed by atoms with Crippen molar-refractivity contribution in [1.82, 2.24) is 24.7 Å². The summed E-state index contributed by atoms with van der Waals surface area (Å²) in [5, 5.41) is 13.6. The quantitative estimate of drug-likeness (QED) is 0.393. The SMILES string of the molecule is COc1ccc(CNC(=O)Cn2ncn3nc(-c4cccc5ccccc45)cc3c2=O)cc1OC. The normalized spacial score (nSPS) is 11.0. The third kappa shape index (κ3) is 4.31. The zero-order valence-corrected chi connectivity index (χ0v) is 19.3. The van der Waals surface area contributed by atoms with Crippen molar-refractivity contribution in [2.75, 3.05) is 14.2 Å². The maximum absolute atomic E-state index is 13.0. The second-order valence-electron chi connectivity index (χ2n) is 7.95. The van der Waals surface area contributed by atoms with E-state index >= 15 is 0 Å².